The maximum absolute atomic E-state index is 11.3. The van der Waals surface area contributed by atoms with Crippen molar-refractivity contribution in [2.24, 2.45) is 0 Å². The van der Waals surface area contributed by atoms with Crippen molar-refractivity contribution in [1.29, 1.82) is 0 Å². The van der Waals surface area contributed by atoms with E-state index in [1.807, 2.05) is 42.5 Å². The molecule has 3 aromatic rings. The summed E-state index contributed by atoms with van der Waals surface area (Å²) >= 11 is 0. The van der Waals surface area contributed by atoms with E-state index in [1.54, 1.807) is 0 Å². The van der Waals surface area contributed by atoms with Crippen molar-refractivity contribution in [1.82, 2.24) is 0 Å². The average Bonchev–Trinajstić information content (AvgIpc) is 2.63. The summed E-state index contributed by atoms with van der Waals surface area (Å²) < 4.78 is 4.69. The molecule has 0 aliphatic rings. The van der Waals surface area contributed by atoms with Crippen LogP contribution < -0.4 is 0 Å². The van der Waals surface area contributed by atoms with Gasteiger partial charge in [-0.3, -0.25) is 4.79 Å². The Balaban J connectivity index is 1.86. The molecule has 0 fully saturated rings. The number of methoxy groups -OCH3 is 1. The van der Waals surface area contributed by atoms with Crippen molar-refractivity contribution in [3.63, 3.8) is 0 Å². The lowest BCUT2D eigenvalue weighted by Gasteiger charge is -2.07. The van der Waals surface area contributed by atoms with Crippen molar-refractivity contribution in [2.45, 2.75) is 6.42 Å². The second-order valence-corrected chi connectivity index (χ2v) is 5.40. The number of carbonyl (C=O) groups is 1. The molecule has 0 amide bonds. The molecule has 23 heavy (non-hydrogen) atoms. The van der Waals surface area contributed by atoms with Crippen molar-refractivity contribution < 1.29 is 9.53 Å². The number of hydrogen-bond donors (Lipinski definition) is 0. The van der Waals surface area contributed by atoms with E-state index in [4.69, 9.17) is 4.74 Å². The number of ether oxygens (including phenoxy) is 1. The van der Waals surface area contributed by atoms with Crippen LogP contribution in [-0.4, -0.2) is 13.1 Å². The molecule has 2 nitrogen and oxygen atoms in total. The molecule has 3 aromatic carbocycles. The van der Waals surface area contributed by atoms with Crippen LogP contribution in [0.5, 0.6) is 0 Å². The maximum atomic E-state index is 11.3. The van der Waals surface area contributed by atoms with E-state index in [0.717, 1.165) is 16.7 Å². The lowest BCUT2D eigenvalue weighted by atomic mass is 9.98. The zero-order valence-corrected chi connectivity index (χ0v) is 13.0. The Bertz CT molecular complexity index is 790. The number of esters is 1. The van der Waals surface area contributed by atoms with Gasteiger partial charge in [0.2, 0.25) is 0 Å². The molecule has 0 unspecified atom stereocenters. The number of benzene rings is 3. The summed E-state index contributed by atoms with van der Waals surface area (Å²) in [4.78, 5) is 11.3. The zero-order chi connectivity index (χ0) is 16.1. The summed E-state index contributed by atoms with van der Waals surface area (Å²) in [5, 5.41) is 0. The molecule has 0 heterocycles. The van der Waals surface area contributed by atoms with Gasteiger partial charge in [0, 0.05) is 0 Å². The third-order valence-electron chi connectivity index (χ3n) is 3.83. The first kappa shape index (κ1) is 15.0. The molecule has 0 spiro atoms. The number of hydrogen-bond acceptors (Lipinski definition) is 2. The van der Waals surface area contributed by atoms with Crippen LogP contribution in [0.3, 0.4) is 0 Å². The van der Waals surface area contributed by atoms with Gasteiger partial charge in [0.1, 0.15) is 0 Å². The van der Waals surface area contributed by atoms with Gasteiger partial charge in [-0.05, 0) is 33.9 Å². The Morgan fingerprint density at radius 1 is 0.739 bits per heavy atom. The first-order valence-electron chi connectivity index (χ1n) is 7.58. The summed E-state index contributed by atoms with van der Waals surface area (Å²) in [6.45, 7) is 0. The van der Waals surface area contributed by atoms with Crippen LogP contribution in [-0.2, 0) is 16.0 Å². The van der Waals surface area contributed by atoms with Crippen LogP contribution in [0.2, 0.25) is 0 Å². The molecule has 3 rings (SSSR count). The summed E-state index contributed by atoms with van der Waals surface area (Å²) in [5.41, 5.74) is 5.66. The third-order valence-corrected chi connectivity index (χ3v) is 3.83. The minimum atomic E-state index is -0.219. The Morgan fingerprint density at radius 3 is 1.91 bits per heavy atom. The highest BCUT2D eigenvalue weighted by Gasteiger charge is 2.04. The van der Waals surface area contributed by atoms with Gasteiger partial charge < -0.3 is 4.74 Å². The van der Waals surface area contributed by atoms with E-state index in [-0.39, 0.29) is 5.97 Å². The third kappa shape index (κ3) is 3.67. The van der Waals surface area contributed by atoms with E-state index in [2.05, 4.69) is 36.4 Å². The van der Waals surface area contributed by atoms with Gasteiger partial charge in [0.25, 0.3) is 0 Å². The van der Waals surface area contributed by atoms with Gasteiger partial charge in [-0.25, -0.2) is 0 Å². The Kier molecular flexibility index (Phi) is 4.53. The molecule has 114 valence electrons. The molecular formula is C21H18O2. The smallest absolute Gasteiger partial charge is 0.309 e. The molecule has 0 bridgehead atoms. The summed E-state index contributed by atoms with van der Waals surface area (Å²) in [5.74, 6) is -0.219. The summed E-state index contributed by atoms with van der Waals surface area (Å²) in [6.07, 6.45) is 0.306. The van der Waals surface area contributed by atoms with Crippen LogP contribution >= 0.6 is 0 Å². The molecule has 0 saturated carbocycles. The molecule has 2 heteroatoms. The van der Waals surface area contributed by atoms with Crippen molar-refractivity contribution in [3.8, 4) is 22.3 Å². The summed E-state index contributed by atoms with van der Waals surface area (Å²) in [7, 11) is 1.41. The highest BCUT2D eigenvalue weighted by Crippen LogP contribution is 2.26. The second-order valence-electron chi connectivity index (χ2n) is 5.40. The maximum Gasteiger partial charge on any atom is 0.309 e. The molecule has 0 aliphatic carbocycles. The van der Waals surface area contributed by atoms with Crippen molar-refractivity contribution >= 4 is 5.97 Å². The fourth-order valence-electron chi connectivity index (χ4n) is 2.56. The first-order valence-corrected chi connectivity index (χ1v) is 7.58. The lowest BCUT2D eigenvalue weighted by molar-refractivity contribution is -0.139. The van der Waals surface area contributed by atoms with E-state index in [0.29, 0.717) is 6.42 Å². The van der Waals surface area contributed by atoms with Crippen LogP contribution in [0.4, 0.5) is 0 Å². The Morgan fingerprint density at radius 2 is 1.30 bits per heavy atom. The predicted octanol–water partition coefficient (Wildman–Crippen LogP) is 4.74. The normalized spacial score (nSPS) is 10.3. The molecule has 0 N–H and O–H groups in total. The monoisotopic (exact) mass is 302 g/mol. The topological polar surface area (TPSA) is 26.3 Å². The van der Waals surface area contributed by atoms with E-state index in [1.165, 1.54) is 18.2 Å². The van der Waals surface area contributed by atoms with E-state index < -0.39 is 0 Å². The van der Waals surface area contributed by atoms with Gasteiger partial charge in [-0.2, -0.15) is 0 Å². The molecule has 0 aliphatic heterocycles. The van der Waals surface area contributed by atoms with Gasteiger partial charge in [-0.15, -0.1) is 0 Å². The highest BCUT2D eigenvalue weighted by atomic mass is 16.5. The molecule has 0 saturated heterocycles. The van der Waals surface area contributed by atoms with Crippen molar-refractivity contribution in [3.05, 3.63) is 84.4 Å². The average molecular weight is 302 g/mol. The SMILES string of the molecule is COC(=O)Cc1ccc(-c2cccc(-c3ccccc3)c2)cc1. The zero-order valence-electron chi connectivity index (χ0n) is 13.0. The van der Waals surface area contributed by atoms with Crippen LogP contribution in [0.1, 0.15) is 5.56 Å². The Labute approximate surface area is 136 Å². The van der Waals surface area contributed by atoms with Crippen LogP contribution in [0.15, 0.2) is 78.9 Å². The highest BCUT2D eigenvalue weighted by molar-refractivity contribution is 5.75. The van der Waals surface area contributed by atoms with Crippen LogP contribution in [0.25, 0.3) is 22.3 Å². The fraction of sp³-hybridized carbons (Fsp3) is 0.0952. The number of rotatable bonds is 4. The van der Waals surface area contributed by atoms with Crippen molar-refractivity contribution in [2.75, 3.05) is 7.11 Å². The minimum Gasteiger partial charge on any atom is -0.469 e. The largest absolute Gasteiger partial charge is 0.469 e. The van der Waals surface area contributed by atoms with Crippen LogP contribution in [0, 0.1) is 0 Å². The van der Waals surface area contributed by atoms with Gasteiger partial charge in [-0.1, -0.05) is 72.8 Å². The van der Waals surface area contributed by atoms with Gasteiger partial charge in [0.05, 0.1) is 13.5 Å². The first-order chi connectivity index (χ1) is 11.3. The van der Waals surface area contributed by atoms with E-state index >= 15 is 0 Å². The number of carbonyl (C=O) groups excluding carboxylic acids is 1. The molecular weight excluding hydrogens is 284 g/mol. The Hall–Kier alpha value is -2.87. The van der Waals surface area contributed by atoms with Gasteiger partial charge >= 0.3 is 5.97 Å². The lowest BCUT2D eigenvalue weighted by Crippen LogP contribution is -2.04. The molecule has 0 aromatic heterocycles. The molecule has 0 atom stereocenters. The molecule has 0 radical (unpaired) electrons. The van der Waals surface area contributed by atoms with E-state index in [9.17, 15) is 4.79 Å². The quantitative estimate of drug-likeness (QED) is 0.651. The van der Waals surface area contributed by atoms with Gasteiger partial charge in [0.15, 0.2) is 0 Å². The standard InChI is InChI=1S/C21H18O2/c1-23-21(22)14-16-10-12-18(13-11-16)20-9-5-8-19(15-20)17-6-3-2-4-7-17/h2-13,15H,14H2,1H3. The summed E-state index contributed by atoms with van der Waals surface area (Å²) in [6, 6.07) is 26.8. The second kappa shape index (κ2) is 6.93. The predicted molar refractivity (Wildman–Crippen MR) is 93.0 cm³/mol. The minimum absolute atomic E-state index is 0.219. The fourth-order valence-corrected chi connectivity index (χ4v) is 2.56.